The summed E-state index contributed by atoms with van der Waals surface area (Å²) in [5.41, 5.74) is -0.250. The lowest BCUT2D eigenvalue weighted by Gasteiger charge is -2.32. The first kappa shape index (κ1) is 17.4. The highest BCUT2D eigenvalue weighted by atomic mass is 16.7. The highest BCUT2D eigenvalue weighted by Gasteiger charge is 2.52. The number of carbonyl (C=O) groups excluding carboxylic acids is 1. The van der Waals surface area contributed by atoms with E-state index < -0.39 is 18.3 Å². The molecule has 0 unspecified atom stereocenters. The monoisotopic (exact) mass is 319 g/mol. The molecule has 0 aliphatic carbocycles. The Hall–Kier alpha value is -1.93. The van der Waals surface area contributed by atoms with Gasteiger partial charge >= 0.3 is 7.12 Å². The van der Waals surface area contributed by atoms with Crippen LogP contribution in [0.2, 0.25) is 0 Å². The fourth-order valence-corrected chi connectivity index (χ4v) is 2.08. The molecule has 0 atom stereocenters. The van der Waals surface area contributed by atoms with Gasteiger partial charge in [-0.2, -0.15) is 0 Å². The molecule has 7 nitrogen and oxygen atoms in total. The van der Waals surface area contributed by atoms with E-state index in [9.17, 15) is 9.59 Å². The molecule has 1 aromatic rings. The van der Waals surface area contributed by atoms with E-state index in [1.807, 2.05) is 27.7 Å². The second-order valence-electron chi connectivity index (χ2n) is 6.55. The maximum absolute atomic E-state index is 11.9. The summed E-state index contributed by atoms with van der Waals surface area (Å²) in [6, 6.07) is 0. The number of aromatic amines is 1. The summed E-state index contributed by atoms with van der Waals surface area (Å²) in [5.74, 6) is -0.174. The van der Waals surface area contributed by atoms with Crippen molar-refractivity contribution < 1.29 is 14.1 Å². The van der Waals surface area contributed by atoms with Crippen molar-refractivity contribution in [2.45, 2.75) is 45.8 Å². The first-order valence-corrected chi connectivity index (χ1v) is 7.45. The van der Waals surface area contributed by atoms with Gasteiger partial charge in [0.05, 0.1) is 23.1 Å². The molecular weight excluding hydrogens is 297 g/mol. The van der Waals surface area contributed by atoms with Crippen molar-refractivity contribution in [3.8, 4) is 0 Å². The molecule has 1 fully saturated rings. The van der Waals surface area contributed by atoms with Gasteiger partial charge in [-0.3, -0.25) is 9.59 Å². The predicted octanol–water partition coefficient (Wildman–Crippen LogP) is 0.921. The van der Waals surface area contributed by atoms with Gasteiger partial charge in [-0.05, 0) is 33.2 Å². The van der Waals surface area contributed by atoms with Crippen LogP contribution in [0, 0.1) is 0 Å². The predicted molar refractivity (Wildman–Crippen MR) is 87.6 cm³/mol. The van der Waals surface area contributed by atoms with Gasteiger partial charge in [0.15, 0.2) is 0 Å². The average Bonchev–Trinajstić information content (AvgIpc) is 2.65. The number of H-pyrrole nitrogens is 1. The van der Waals surface area contributed by atoms with Crippen LogP contribution in [0.3, 0.4) is 0 Å². The Balaban J connectivity index is 2.34. The Morgan fingerprint density at radius 1 is 1.35 bits per heavy atom. The van der Waals surface area contributed by atoms with Gasteiger partial charge in [0.2, 0.25) is 5.91 Å². The molecule has 8 heteroatoms. The largest absolute Gasteiger partial charge is 0.492 e. The summed E-state index contributed by atoms with van der Waals surface area (Å²) in [7, 11) is -0.647. The molecule has 2 heterocycles. The molecule has 0 saturated carbocycles. The number of rotatable bonds is 4. The lowest BCUT2D eigenvalue weighted by atomic mass is 9.77. The third-order valence-electron chi connectivity index (χ3n) is 4.18. The van der Waals surface area contributed by atoms with Crippen LogP contribution in [0.15, 0.2) is 22.8 Å². The van der Waals surface area contributed by atoms with E-state index in [0.29, 0.717) is 11.0 Å². The maximum atomic E-state index is 11.9. The van der Waals surface area contributed by atoms with E-state index >= 15 is 0 Å². The molecule has 0 aromatic carbocycles. The highest BCUT2D eigenvalue weighted by Crippen LogP contribution is 2.38. The molecule has 2 N–H and O–H groups in total. The number of aromatic nitrogens is 2. The summed E-state index contributed by atoms with van der Waals surface area (Å²) in [6.07, 6.45) is 4.42. The first-order chi connectivity index (χ1) is 10.6. The molecule has 2 rings (SSSR count). The summed E-state index contributed by atoms with van der Waals surface area (Å²) >= 11 is 0. The van der Waals surface area contributed by atoms with Crippen LogP contribution >= 0.6 is 0 Å². The van der Waals surface area contributed by atoms with Crippen LogP contribution in [-0.2, 0) is 14.1 Å². The first-order valence-electron chi connectivity index (χ1n) is 7.45. The fraction of sp³-hybridized carbons (Fsp3) is 0.533. The minimum Gasteiger partial charge on any atom is -0.400 e. The maximum Gasteiger partial charge on any atom is 0.492 e. The molecule has 1 saturated heterocycles. The Bertz CT molecular complexity index is 665. The molecular formula is C15H22BN3O4. The van der Waals surface area contributed by atoms with Crippen LogP contribution in [0.25, 0.3) is 6.08 Å². The van der Waals surface area contributed by atoms with E-state index in [2.05, 4.69) is 15.3 Å². The van der Waals surface area contributed by atoms with Crippen LogP contribution in [0.5, 0.6) is 0 Å². The van der Waals surface area contributed by atoms with Crippen molar-refractivity contribution >= 4 is 19.1 Å². The van der Waals surface area contributed by atoms with Crippen LogP contribution in [-0.4, -0.2) is 40.7 Å². The normalized spacial score (nSPS) is 19.7. The average molecular weight is 319 g/mol. The van der Waals surface area contributed by atoms with Crippen molar-refractivity contribution in [1.82, 2.24) is 15.3 Å². The van der Waals surface area contributed by atoms with Crippen molar-refractivity contribution in [3.05, 3.63) is 33.9 Å². The van der Waals surface area contributed by atoms with Crippen molar-refractivity contribution in [2.75, 3.05) is 6.54 Å². The molecule has 0 spiro atoms. The van der Waals surface area contributed by atoms with Gasteiger partial charge in [-0.25, -0.2) is 4.98 Å². The van der Waals surface area contributed by atoms with E-state index in [1.54, 1.807) is 6.08 Å². The lowest BCUT2D eigenvalue weighted by Crippen LogP contribution is -2.41. The molecule has 0 radical (unpaired) electrons. The van der Waals surface area contributed by atoms with Gasteiger partial charge in [-0.15, -0.1) is 0 Å². The second kappa shape index (κ2) is 6.29. The lowest BCUT2D eigenvalue weighted by molar-refractivity contribution is -0.118. The van der Waals surface area contributed by atoms with E-state index in [4.69, 9.17) is 9.31 Å². The summed E-state index contributed by atoms with van der Waals surface area (Å²) in [4.78, 5) is 29.5. The quantitative estimate of drug-likeness (QED) is 0.805. The van der Waals surface area contributed by atoms with E-state index in [-0.39, 0.29) is 18.0 Å². The van der Waals surface area contributed by atoms with E-state index in [0.717, 1.165) is 0 Å². The number of amides is 1. The number of carbonyl (C=O) groups is 1. The van der Waals surface area contributed by atoms with Gasteiger partial charge in [0, 0.05) is 19.7 Å². The van der Waals surface area contributed by atoms with Gasteiger partial charge in [-0.1, -0.05) is 6.08 Å². The van der Waals surface area contributed by atoms with Crippen LogP contribution in [0.4, 0.5) is 0 Å². The van der Waals surface area contributed by atoms with Gasteiger partial charge in [0.1, 0.15) is 0 Å². The van der Waals surface area contributed by atoms with E-state index in [1.165, 1.54) is 19.4 Å². The third-order valence-corrected chi connectivity index (χ3v) is 4.18. The fourth-order valence-electron chi connectivity index (χ4n) is 2.08. The zero-order valence-electron chi connectivity index (χ0n) is 14.1. The molecule has 1 aliphatic heterocycles. The minimum atomic E-state index is -0.647. The Kier molecular flexibility index (Phi) is 4.77. The molecule has 1 aromatic heterocycles. The molecule has 23 heavy (non-hydrogen) atoms. The Labute approximate surface area is 135 Å². The number of nitrogens with zero attached hydrogens (tertiary/aromatic N) is 1. The Morgan fingerprint density at radius 2 is 1.96 bits per heavy atom. The smallest absolute Gasteiger partial charge is 0.400 e. The second-order valence-corrected chi connectivity index (χ2v) is 6.55. The third kappa shape index (κ3) is 3.89. The molecule has 124 valence electrons. The number of hydrogen-bond donors (Lipinski definition) is 2. The number of nitrogens with one attached hydrogen (secondary N) is 2. The Morgan fingerprint density at radius 3 is 2.48 bits per heavy atom. The SMILES string of the molecule is CC(=O)NCC(=Cc1cnc[nH]c1=O)B1OC(C)(C)C(C)(C)O1. The van der Waals surface area contributed by atoms with Gasteiger partial charge < -0.3 is 19.6 Å². The summed E-state index contributed by atoms with van der Waals surface area (Å²) in [5, 5.41) is 2.72. The zero-order chi connectivity index (χ0) is 17.3. The van der Waals surface area contributed by atoms with Crippen molar-refractivity contribution in [1.29, 1.82) is 0 Å². The molecule has 1 aliphatic rings. The van der Waals surface area contributed by atoms with Crippen molar-refractivity contribution in [2.24, 2.45) is 0 Å². The topological polar surface area (TPSA) is 93.3 Å². The molecule has 1 amide bonds. The summed E-state index contributed by atoms with van der Waals surface area (Å²) in [6.45, 7) is 9.43. The standard InChI is InChI=1S/C15H22BN3O4/c1-10(20)18-8-12(6-11-7-17-9-19-13(11)21)16-22-14(2,3)15(4,5)23-16/h6-7,9H,8H2,1-5H3,(H,18,20)(H,17,19,21). The van der Waals surface area contributed by atoms with Crippen LogP contribution < -0.4 is 10.9 Å². The minimum absolute atomic E-state index is 0.174. The highest BCUT2D eigenvalue weighted by molar-refractivity contribution is 6.56. The number of hydrogen-bond acceptors (Lipinski definition) is 5. The molecule has 0 bridgehead atoms. The van der Waals surface area contributed by atoms with Gasteiger partial charge in [0.25, 0.3) is 5.56 Å². The van der Waals surface area contributed by atoms with Crippen LogP contribution in [0.1, 0.15) is 40.2 Å². The zero-order valence-corrected chi connectivity index (χ0v) is 14.1. The van der Waals surface area contributed by atoms with Crippen molar-refractivity contribution in [3.63, 3.8) is 0 Å². The summed E-state index contributed by atoms with van der Waals surface area (Å²) < 4.78 is 12.0.